The average Bonchev–Trinajstić information content (AvgIpc) is 3.72. The fourth-order valence-corrected chi connectivity index (χ4v) is 5.16. The van der Waals surface area contributed by atoms with E-state index in [1.165, 1.54) is 43.7 Å². The highest BCUT2D eigenvalue weighted by Crippen LogP contribution is 2.30. The predicted octanol–water partition coefficient (Wildman–Crippen LogP) is 7.94. The summed E-state index contributed by atoms with van der Waals surface area (Å²) in [6.45, 7) is 0. The number of nitrogens with one attached hydrogen (secondary N) is 2. The molecule has 0 atom stereocenters. The number of aliphatic imine (C=N–C) groups is 1. The number of H-pyrrole nitrogens is 2. The third-order valence-corrected chi connectivity index (χ3v) is 7.84. The van der Waals surface area contributed by atoms with Gasteiger partial charge in [0.05, 0.1) is 34.4 Å². The van der Waals surface area contributed by atoms with Crippen molar-refractivity contribution in [2.24, 2.45) is 4.99 Å². The van der Waals surface area contributed by atoms with E-state index < -0.39 is 21.3 Å². The zero-order valence-corrected chi connectivity index (χ0v) is 30.0. The Labute approximate surface area is 329 Å². The van der Waals surface area contributed by atoms with Crippen LogP contribution >= 0.6 is 23.2 Å². The molecule has 19 heteroatoms. The number of nitro groups is 2. The Bertz CT molecular complexity index is 2450. The Morgan fingerprint density at radius 2 is 1.34 bits per heavy atom. The zero-order chi connectivity index (χ0) is 40.1. The molecule has 0 unspecified atom stereocenters. The molecule has 0 aliphatic carbocycles. The van der Waals surface area contributed by atoms with Gasteiger partial charge in [-0.15, -0.1) is 0 Å². The Morgan fingerprint density at radius 1 is 0.821 bits per heavy atom. The fourth-order valence-electron chi connectivity index (χ4n) is 4.73. The maximum atomic E-state index is 10.9. The summed E-state index contributed by atoms with van der Waals surface area (Å²) < 4.78 is 4.74. The highest BCUT2D eigenvalue weighted by Gasteiger charge is 2.16. The molecule has 6 aromatic rings. The number of halogens is 2. The van der Waals surface area contributed by atoms with Gasteiger partial charge < -0.3 is 20.7 Å². The normalized spacial score (nSPS) is 10.1. The molecule has 0 spiro atoms. The molecule has 0 amide bonds. The number of rotatable bonds is 9. The Balaban J connectivity index is 0.000000246. The van der Waals surface area contributed by atoms with Crippen molar-refractivity contribution in [3.63, 3.8) is 0 Å². The molecule has 4 aromatic carbocycles. The van der Waals surface area contributed by atoms with Gasteiger partial charge in [0, 0.05) is 35.2 Å². The van der Waals surface area contributed by atoms with Crippen LogP contribution in [-0.4, -0.2) is 53.8 Å². The third kappa shape index (κ3) is 11.5. The van der Waals surface area contributed by atoms with E-state index in [0.29, 0.717) is 51.2 Å². The monoisotopic (exact) mass is 798 g/mol. The van der Waals surface area contributed by atoms with Gasteiger partial charge >= 0.3 is 11.4 Å². The van der Waals surface area contributed by atoms with Crippen LogP contribution in [0.25, 0.3) is 0 Å². The van der Waals surface area contributed by atoms with Crippen molar-refractivity contribution in [3.8, 4) is 29.4 Å². The Morgan fingerprint density at radius 3 is 1.86 bits per heavy atom. The summed E-state index contributed by atoms with van der Waals surface area (Å²) in [6.07, 6.45) is 2.33. The number of aromatic nitrogens is 4. The zero-order valence-electron chi connectivity index (χ0n) is 28.5. The molecule has 0 aliphatic rings. The average molecular weight is 800 g/mol. The predicted molar refractivity (Wildman–Crippen MR) is 210 cm³/mol. The van der Waals surface area contributed by atoms with E-state index in [4.69, 9.17) is 44.0 Å². The number of aromatic hydroxyl groups is 2. The molecule has 0 bridgehead atoms. The van der Waals surface area contributed by atoms with Crippen LogP contribution in [0.5, 0.6) is 17.2 Å². The van der Waals surface area contributed by atoms with Crippen molar-refractivity contribution in [3.05, 3.63) is 154 Å². The summed E-state index contributed by atoms with van der Waals surface area (Å²) in [6, 6.07) is 26.5. The van der Waals surface area contributed by atoms with Crippen molar-refractivity contribution >= 4 is 52.4 Å². The molecule has 0 radical (unpaired) electrons. The van der Waals surface area contributed by atoms with E-state index >= 15 is 0 Å². The first kappa shape index (κ1) is 42.9. The molecule has 0 saturated heterocycles. The van der Waals surface area contributed by atoms with E-state index in [1.807, 2.05) is 36.4 Å². The minimum atomic E-state index is -0.689. The van der Waals surface area contributed by atoms with E-state index in [9.17, 15) is 30.6 Å². The largest absolute Gasteiger partial charge is 0.502 e. The lowest BCUT2D eigenvalue weighted by atomic mass is 10.1. The summed E-state index contributed by atoms with van der Waals surface area (Å²) in [5, 5.41) is 72.6. The van der Waals surface area contributed by atoms with Crippen LogP contribution in [0.15, 0.2) is 89.9 Å². The first-order valence-electron chi connectivity index (χ1n) is 15.5. The quantitative estimate of drug-likeness (QED) is 0.0529. The first-order valence-corrected chi connectivity index (χ1v) is 16.3. The summed E-state index contributed by atoms with van der Waals surface area (Å²) in [5.41, 5.74) is 9.05. The lowest BCUT2D eigenvalue weighted by molar-refractivity contribution is -0.386. The Hall–Kier alpha value is -7.47. The van der Waals surface area contributed by atoms with E-state index in [2.05, 4.69) is 31.5 Å². The van der Waals surface area contributed by atoms with E-state index in [0.717, 1.165) is 17.2 Å². The van der Waals surface area contributed by atoms with Crippen molar-refractivity contribution in [1.29, 1.82) is 10.5 Å². The molecule has 2 aromatic heterocycles. The number of nitro benzene ring substituents is 2. The summed E-state index contributed by atoms with van der Waals surface area (Å²) in [4.78, 5) is 23.9. The van der Waals surface area contributed by atoms with Crippen molar-refractivity contribution in [2.45, 2.75) is 20.3 Å². The van der Waals surface area contributed by atoms with Crippen LogP contribution in [0, 0.1) is 42.9 Å². The van der Waals surface area contributed by atoms with Crippen LogP contribution in [0.2, 0.25) is 10.0 Å². The number of nitrogens with zero attached hydrogens (tertiary/aromatic N) is 7. The number of nitriles is 2. The molecule has 6 rings (SSSR count). The first-order chi connectivity index (χ1) is 26.3. The minimum absolute atomic E-state index is 0. The van der Waals surface area contributed by atoms with Gasteiger partial charge in [0.15, 0.2) is 23.1 Å². The fraction of sp³-hybridized carbons (Fsp3) is 0.108. The number of ether oxygens (including phenoxy) is 1. The number of nitrogen functional groups attached to an aromatic ring is 1. The number of phenols is 2. The molecule has 286 valence electrons. The summed E-state index contributed by atoms with van der Waals surface area (Å²) >= 11 is 11.8. The molecule has 0 fully saturated rings. The number of methoxy groups -OCH3 is 1. The van der Waals surface area contributed by atoms with E-state index in [1.54, 1.807) is 18.2 Å². The van der Waals surface area contributed by atoms with Crippen LogP contribution in [0.4, 0.5) is 23.0 Å². The number of anilines is 1. The van der Waals surface area contributed by atoms with Gasteiger partial charge in [-0.05, 0) is 65.2 Å². The summed E-state index contributed by atoms with van der Waals surface area (Å²) in [7, 11) is 1.40. The lowest BCUT2D eigenvalue weighted by Crippen LogP contribution is -1.92. The molecule has 0 saturated carbocycles. The van der Waals surface area contributed by atoms with Gasteiger partial charge in [-0.3, -0.25) is 30.4 Å². The number of nitrogens with two attached hydrogens (primary N) is 1. The maximum absolute atomic E-state index is 10.9. The van der Waals surface area contributed by atoms with Gasteiger partial charge in [-0.25, -0.2) is 4.99 Å². The second-order valence-electron chi connectivity index (χ2n) is 11.1. The number of phenolic OH excluding ortho intramolecular Hbond substituents is 2. The van der Waals surface area contributed by atoms with Gasteiger partial charge in [0.25, 0.3) is 0 Å². The van der Waals surface area contributed by atoms with Crippen LogP contribution in [0.3, 0.4) is 0 Å². The van der Waals surface area contributed by atoms with Gasteiger partial charge in [-0.2, -0.15) is 20.7 Å². The van der Waals surface area contributed by atoms with Crippen molar-refractivity contribution < 1.29 is 24.8 Å². The van der Waals surface area contributed by atoms with Crippen molar-refractivity contribution in [2.75, 3.05) is 12.8 Å². The highest BCUT2D eigenvalue weighted by atomic mass is 35.5. The van der Waals surface area contributed by atoms with E-state index in [-0.39, 0.29) is 36.1 Å². The number of hydrogen-bond acceptors (Lipinski definition) is 13. The highest BCUT2D eigenvalue weighted by molar-refractivity contribution is 6.30. The molecule has 56 heavy (non-hydrogen) atoms. The standard InChI is InChI=1S/C18H12ClN5O3.C11H9ClN4.C7H7NO4.CH4/c19-13-3-1-2-11(6-13)7-15-14(9-20)18(23-22-15)21-10-12-4-5-17(25)16(8-12)24(26)27;12-8-3-1-2-7(4-8)5-10-9(6-13)11(14)16-15-10;1-12-5-2-3-7(9)6(4-5)8(10)11;/h1-6,8,10,25H,7H2,(H,22,23);1-4H,5H2,(H3,14,15,16);2-4,9H,1H3;1H4. The summed E-state index contributed by atoms with van der Waals surface area (Å²) in [5.74, 6) is -0.0384. The molecule has 2 heterocycles. The molecule has 17 nitrogen and oxygen atoms in total. The van der Waals surface area contributed by atoms with Gasteiger partial charge in [-0.1, -0.05) is 54.9 Å². The molecular formula is C37H32Cl2N10O7. The molecular weight excluding hydrogens is 767 g/mol. The molecule has 0 aliphatic heterocycles. The van der Waals surface area contributed by atoms with Gasteiger partial charge in [0.1, 0.15) is 29.0 Å². The minimum Gasteiger partial charge on any atom is -0.502 e. The second kappa shape index (κ2) is 20.1. The third-order valence-electron chi connectivity index (χ3n) is 7.37. The van der Waals surface area contributed by atoms with Crippen LogP contribution in [0.1, 0.15) is 46.6 Å². The lowest BCUT2D eigenvalue weighted by Gasteiger charge is -2.00. The second-order valence-corrected chi connectivity index (χ2v) is 11.9. The maximum Gasteiger partial charge on any atom is 0.314 e. The number of hydrogen-bond donors (Lipinski definition) is 5. The van der Waals surface area contributed by atoms with Crippen molar-refractivity contribution in [1.82, 2.24) is 20.4 Å². The molecule has 6 N–H and O–H groups in total. The topological polar surface area (TPSA) is 279 Å². The Kier molecular flexibility index (Phi) is 15.4. The number of benzene rings is 4. The smallest absolute Gasteiger partial charge is 0.314 e. The van der Waals surface area contributed by atoms with Gasteiger partial charge in [0.2, 0.25) is 0 Å². The van der Waals surface area contributed by atoms with Crippen LogP contribution < -0.4 is 10.5 Å². The van der Waals surface area contributed by atoms with Crippen LogP contribution in [-0.2, 0) is 12.8 Å². The SMILES string of the molecule is C.COc1ccc(O)c([N+](=O)[O-])c1.N#Cc1c(N)n[nH]c1Cc1cccc(Cl)c1.N#Cc1c(N=Cc2ccc(O)c([N+](=O)[O-])c2)n[nH]c1Cc1cccc(Cl)c1. The number of aromatic amines is 2.